The molecule has 3 amide bonds. The number of aromatic nitrogens is 1. The van der Waals surface area contributed by atoms with Gasteiger partial charge in [-0.05, 0) is 51.0 Å². The van der Waals surface area contributed by atoms with Gasteiger partial charge >= 0.3 is 0 Å². The molecule has 0 unspecified atom stereocenters. The fourth-order valence-corrected chi connectivity index (χ4v) is 2.85. The van der Waals surface area contributed by atoms with Crippen molar-refractivity contribution in [2.45, 2.75) is 46.6 Å². The Morgan fingerprint density at radius 2 is 1.66 bits per heavy atom. The Morgan fingerprint density at radius 3 is 2.31 bits per heavy atom. The lowest BCUT2D eigenvalue weighted by atomic mass is 10.1. The number of benzene rings is 1. The lowest BCUT2D eigenvalue weighted by Gasteiger charge is -2.24. The van der Waals surface area contributed by atoms with E-state index in [2.05, 4.69) is 15.6 Å². The molecular weight excluding hydrogens is 368 g/mol. The third-order valence-corrected chi connectivity index (χ3v) is 4.29. The molecule has 1 aromatic heterocycles. The van der Waals surface area contributed by atoms with E-state index in [1.54, 1.807) is 18.3 Å². The van der Waals surface area contributed by atoms with Crippen molar-refractivity contribution in [2.24, 2.45) is 0 Å². The van der Waals surface area contributed by atoms with E-state index in [0.717, 1.165) is 11.1 Å². The van der Waals surface area contributed by atoms with E-state index in [-0.39, 0.29) is 43.1 Å². The number of nitrogens with one attached hydrogen (secondary N) is 2. The van der Waals surface area contributed by atoms with Gasteiger partial charge in [0.25, 0.3) is 0 Å². The molecule has 2 rings (SSSR count). The average Bonchev–Trinajstić information content (AvgIpc) is 2.66. The summed E-state index contributed by atoms with van der Waals surface area (Å²) in [5, 5.41) is 5.52. The Labute approximate surface area is 171 Å². The number of para-hydroxylation sites is 1. The van der Waals surface area contributed by atoms with E-state index in [1.807, 2.05) is 52.0 Å². The van der Waals surface area contributed by atoms with Crippen LogP contribution in [0.5, 0.6) is 0 Å². The number of hydrogen-bond acceptors (Lipinski definition) is 4. The minimum Gasteiger partial charge on any atom is -0.352 e. The molecule has 154 valence electrons. The van der Waals surface area contributed by atoms with Crippen molar-refractivity contribution >= 4 is 29.2 Å². The summed E-state index contributed by atoms with van der Waals surface area (Å²) in [5.41, 5.74) is 2.39. The van der Waals surface area contributed by atoms with E-state index >= 15 is 0 Å². The summed E-state index contributed by atoms with van der Waals surface area (Å²) in [4.78, 5) is 43.0. The maximum Gasteiger partial charge on any atom is 0.240 e. The summed E-state index contributed by atoms with van der Waals surface area (Å²) in [6, 6.07) is 11.0. The van der Waals surface area contributed by atoms with Gasteiger partial charge in [0.1, 0.15) is 12.4 Å². The molecule has 29 heavy (non-hydrogen) atoms. The SMILES string of the molecule is Cc1ccccc1N(CC(=O)NC(C)C)C(=O)CCC(=O)Nc1ncccc1C. The van der Waals surface area contributed by atoms with Gasteiger partial charge in [0.05, 0.1) is 0 Å². The second-order valence-electron chi connectivity index (χ2n) is 7.21. The van der Waals surface area contributed by atoms with Gasteiger partial charge in [-0.25, -0.2) is 4.98 Å². The van der Waals surface area contributed by atoms with Crippen LogP contribution in [0.2, 0.25) is 0 Å². The van der Waals surface area contributed by atoms with Crippen LogP contribution in [0.3, 0.4) is 0 Å². The first-order valence-electron chi connectivity index (χ1n) is 9.64. The average molecular weight is 396 g/mol. The van der Waals surface area contributed by atoms with E-state index in [1.165, 1.54) is 4.90 Å². The lowest BCUT2D eigenvalue weighted by Crippen LogP contribution is -2.43. The zero-order valence-electron chi connectivity index (χ0n) is 17.4. The smallest absolute Gasteiger partial charge is 0.240 e. The number of anilines is 2. The summed E-state index contributed by atoms with van der Waals surface area (Å²) in [5.74, 6) is -0.343. The second-order valence-corrected chi connectivity index (χ2v) is 7.21. The highest BCUT2D eigenvalue weighted by Crippen LogP contribution is 2.20. The summed E-state index contributed by atoms with van der Waals surface area (Å²) in [6.45, 7) is 7.36. The predicted octanol–water partition coefficient (Wildman–Crippen LogP) is 2.97. The molecule has 0 aliphatic carbocycles. The number of carbonyl (C=O) groups is 3. The van der Waals surface area contributed by atoms with Crippen LogP contribution >= 0.6 is 0 Å². The molecule has 0 bridgehead atoms. The number of rotatable bonds is 8. The van der Waals surface area contributed by atoms with Crippen molar-refractivity contribution in [3.8, 4) is 0 Å². The molecule has 2 N–H and O–H groups in total. The highest BCUT2D eigenvalue weighted by atomic mass is 16.2. The first-order chi connectivity index (χ1) is 13.8. The van der Waals surface area contributed by atoms with Crippen molar-refractivity contribution in [1.82, 2.24) is 10.3 Å². The molecule has 2 aromatic rings. The van der Waals surface area contributed by atoms with Gasteiger partial charge in [0, 0.05) is 30.8 Å². The Morgan fingerprint density at radius 1 is 0.966 bits per heavy atom. The first kappa shape index (κ1) is 22.1. The van der Waals surface area contributed by atoms with E-state index < -0.39 is 0 Å². The fraction of sp³-hybridized carbons (Fsp3) is 0.364. The molecule has 0 fully saturated rings. The van der Waals surface area contributed by atoms with Gasteiger partial charge in [0.15, 0.2) is 0 Å². The molecule has 0 aliphatic rings. The largest absolute Gasteiger partial charge is 0.352 e. The molecule has 0 radical (unpaired) electrons. The number of nitrogens with zero attached hydrogens (tertiary/aromatic N) is 2. The van der Waals surface area contributed by atoms with Crippen molar-refractivity contribution < 1.29 is 14.4 Å². The summed E-state index contributed by atoms with van der Waals surface area (Å²) in [6.07, 6.45) is 1.59. The van der Waals surface area contributed by atoms with Gasteiger partial charge in [-0.3, -0.25) is 14.4 Å². The van der Waals surface area contributed by atoms with Crippen LogP contribution in [-0.2, 0) is 14.4 Å². The molecule has 7 heteroatoms. The Kier molecular flexibility index (Phi) is 7.88. The zero-order valence-corrected chi connectivity index (χ0v) is 17.4. The number of aryl methyl sites for hydroxylation is 2. The highest BCUT2D eigenvalue weighted by Gasteiger charge is 2.21. The van der Waals surface area contributed by atoms with Crippen LogP contribution in [-0.4, -0.2) is 35.3 Å². The molecule has 1 heterocycles. The number of pyridine rings is 1. The van der Waals surface area contributed by atoms with Crippen LogP contribution in [0.15, 0.2) is 42.6 Å². The number of carbonyl (C=O) groups excluding carboxylic acids is 3. The fourth-order valence-electron chi connectivity index (χ4n) is 2.85. The normalized spacial score (nSPS) is 10.5. The second kappa shape index (κ2) is 10.4. The van der Waals surface area contributed by atoms with E-state index in [9.17, 15) is 14.4 Å². The van der Waals surface area contributed by atoms with Crippen molar-refractivity contribution in [2.75, 3.05) is 16.8 Å². The topological polar surface area (TPSA) is 91.4 Å². The quantitative estimate of drug-likeness (QED) is 0.718. The maximum absolute atomic E-state index is 12.9. The standard InChI is InChI=1S/C22H28N4O3/c1-15(2)24-20(28)14-26(18-10-6-5-8-16(18)3)21(29)12-11-19(27)25-22-17(4)9-7-13-23-22/h5-10,13,15H,11-12,14H2,1-4H3,(H,24,28)(H,23,25,27). The van der Waals surface area contributed by atoms with Crippen LogP contribution < -0.4 is 15.5 Å². The van der Waals surface area contributed by atoms with Gasteiger partial charge in [-0.1, -0.05) is 24.3 Å². The maximum atomic E-state index is 12.9. The third kappa shape index (κ3) is 6.71. The van der Waals surface area contributed by atoms with Crippen LogP contribution in [0.25, 0.3) is 0 Å². The van der Waals surface area contributed by atoms with E-state index in [0.29, 0.717) is 11.5 Å². The lowest BCUT2D eigenvalue weighted by molar-refractivity contribution is -0.125. The molecule has 1 aromatic carbocycles. The van der Waals surface area contributed by atoms with Crippen LogP contribution in [0.4, 0.5) is 11.5 Å². The third-order valence-electron chi connectivity index (χ3n) is 4.29. The summed E-state index contributed by atoms with van der Waals surface area (Å²) in [7, 11) is 0. The first-order valence-corrected chi connectivity index (χ1v) is 9.64. The monoisotopic (exact) mass is 396 g/mol. The molecule has 0 spiro atoms. The van der Waals surface area contributed by atoms with Gasteiger partial charge in [-0.15, -0.1) is 0 Å². The van der Waals surface area contributed by atoms with Crippen LogP contribution in [0, 0.1) is 13.8 Å². The number of hydrogen-bond donors (Lipinski definition) is 2. The van der Waals surface area contributed by atoms with Crippen LogP contribution in [0.1, 0.15) is 37.8 Å². The zero-order chi connectivity index (χ0) is 21.4. The molecule has 0 saturated carbocycles. The minimum atomic E-state index is -0.295. The minimum absolute atomic E-state index is 0.00300. The number of amides is 3. The van der Waals surface area contributed by atoms with Crippen molar-refractivity contribution in [1.29, 1.82) is 0 Å². The predicted molar refractivity (Wildman–Crippen MR) is 114 cm³/mol. The Bertz CT molecular complexity index is 880. The van der Waals surface area contributed by atoms with Gasteiger partial charge in [-0.2, -0.15) is 0 Å². The Balaban J connectivity index is 2.06. The summed E-state index contributed by atoms with van der Waals surface area (Å²) >= 11 is 0. The summed E-state index contributed by atoms with van der Waals surface area (Å²) < 4.78 is 0. The highest BCUT2D eigenvalue weighted by molar-refractivity contribution is 6.01. The molecule has 7 nitrogen and oxygen atoms in total. The molecule has 0 saturated heterocycles. The Hall–Kier alpha value is -3.22. The van der Waals surface area contributed by atoms with Crippen molar-refractivity contribution in [3.63, 3.8) is 0 Å². The van der Waals surface area contributed by atoms with Crippen molar-refractivity contribution in [3.05, 3.63) is 53.7 Å². The van der Waals surface area contributed by atoms with Gasteiger partial charge in [0.2, 0.25) is 17.7 Å². The van der Waals surface area contributed by atoms with Gasteiger partial charge < -0.3 is 15.5 Å². The molecular formula is C22H28N4O3. The molecule has 0 atom stereocenters. The van der Waals surface area contributed by atoms with E-state index in [4.69, 9.17) is 0 Å². The molecule has 0 aliphatic heterocycles.